The Morgan fingerprint density at radius 3 is 3.04 bits per heavy atom. The average molecular weight is 324 g/mol. The second-order valence-electron chi connectivity index (χ2n) is 6.83. The summed E-state index contributed by atoms with van der Waals surface area (Å²) in [5, 5.41) is 7.16. The number of amides is 1. The lowest BCUT2D eigenvalue weighted by Crippen LogP contribution is -2.38. The Morgan fingerprint density at radius 1 is 1.25 bits per heavy atom. The highest BCUT2D eigenvalue weighted by Gasteiger charge is 2.26. The van der Waals surface area contributed by atoms with Crippen molar-refractivity contribution < 1.29 is 4.79 Å². The molecule has 4 rings (SSSR count). The normalized spacial score (nSPS) is 21.0. The van der Waals surface area contributed by atoms with E-state index in [-0.39, 0.29) is 5.91 Å². The van der Waals surface area contributed by atoms with Gasteiger partial charge in [-0.2, -0.15) is 5.10 Å². The van der Waals surface area contributed by atoms with E-state index >= 15 is 0 Å². The molecule has 2 aliphatic heterocycles. The van der Waals surface area contributed by atoms with Crippen molar-refractivity contribution in [2.75, 3.05) is 31.1 Å². The van der Waals surface area contributed by atoms with Crippen molar-refractivity contribution in [2.24, 2.45) is 0 Å². The smallest absolute Gasteiger partial charge is 0.228 e. The number of fused-ring (bicyclic) bond motifs is 1. The van der Waals surface area contributed by atoms with Crippen LogP contribution in [0.1, 0.15) is 36.4 Å². The van der Waals surface area contributed by atoms with Crippen LogP contribution in [0.15, 0.2) is 36.5 Å². The monoisotopic (exact) mass is 324 g/mol. The van der Waals surface area contributed by atoms with Crippen molar-refractivity contribution in [3.05, 3.63) is 47.8 Å². The predicted octanol–water partition coefficient (Wildman–Crippen LogP) is 2.57. The van der Waals surface area contributed by atoms with Crippen molar-refractivity contribution in [3.63, 3.8) is 0 Å². The summed E-state index contributed by atoms with van der Waals surface area (Å²) in [5.41, 5.74) is 3.62. The third kappa shape index (κ3) is 3.08. The fraction of sp³-hybridized carbons (Fsp3) is 0.474. The number of piperidine rings is 1. The van der Waals surface area contributed by atoms with E-state index < -0.39 is 0 Å². The number of aromatic nitrogens is 2. The van der Waals surface area contributed by atoms with Gasteiger partial charge in [0.2, 0.25) is 5.91 Å². The van der Waals surface area contributed by atoms with Gasteiger partial charge in [0.1, 0.15) is 0 Å². The van der Waals surface area contributed by atoms with Crippen LogP contribution in [0.5, 0.6) is 0 Å². The zero-order chi connectivity index (χ0) is 16.4. The first kappa shape index (κ1) is 15.4. The number of anilines is 1. The zero-order valence-corrected chi connectivity index (χ0v) is 13.9. The summed E-state index contributed by atoms with van der Waals surface area (Å²) < 4.78 is 0. The maximum absolute atomic E-state index is 12.6. The lowest BCUT2D eigenvalue weighted by Gasteiger charge is -2.32. The highest BCUT2D eigenvalue weighted by molar-refractivity contribution is 5.95. The van der Waals surface area contributed by atoms with Crippen molar-refractivity contribution in [3.8, 4) is 0 Å². The Hall–Kier alpha value is -2.14. The van der Waals surface area contributed by atoms with Crippen LogP contribution in [0.4, 0.5) is 5.69 Å². The first-order valence-corrected chi connectivity index (χ1v) is 8.91. The van der Waals surface area contributed by atoms with Crippen molar-refractivity contribution >= 4 is 11.6 Å². The van der Waals surface area contributed by atoms with Crippen LogP contribution in [0.2, 0.25) is 0 Å². The molecule has 1 aromatic carbocycles. The van der Waals surface area contributed by atoms with Gasteiger partial charge in [-0.3, -0.25) is 9.89 Å². The number of rotatable bonds is 4. The molecule has 5 heteroatoms. The van der Waals surface area contributed by atoms with E-state index in [1.54, 1.807) is 0 Å². The van der Waals surface area contributed by atoms with Gasteiger partial charge in [0, 0.05) is 49.6 Å². The van der Waals surface area contributed by atoms with Crippen LogP contribution >= 0.6 is 0 Å². The van der Waals surface area contributed by atoms with Gasteiger partial charge in [0.15, 0.2) is 0 Å². The van der Waals surface area contributed by atoms with E-state index in [0.29, 0.717) is 12.3 Å². The maximum Gasteiger partial charge on any atom is 0.228 e. The van der Waals surface area contributed by atoms with E-state index in [9.17, 15) is 4.79 Å². The number of benzene rings is 1. The molecule has 1 amide bonds. The van der Waals surface area contributed by atoms with Crippen LogP contribution in [0.3, 0.4) is 0 Å². The SMILES string of the molecule is O=C(CCN1CCCC(c2ccn[nH]2)C1)N1CCc2ccccc21. The molecule has 1 aromatic heterocycles. The molecule has 0 bridgehead atoms. The molecule has 1 atom stereocenters. The molecule has 24 heavy (non-hydrogen) atoms. The summed E-state index contributed by atoms with van der Waals surface area (Å²) in [5.74, 6) is 0.771. The summed E-state index contributed by atoms with van der Waals surface area (Å²) in [4.78, 5) is 17.0. The molecule has 1 fully saturated rings. The number of hydrogen-bond acceptors (Lipinski definition) is 3. The number of carbonyl (C=O) groups is 1. The summed E-state index contributed by atoms with van der Waals surface area (Å²) in [6.07, 6.45) is 5.79. The van der Waals surface area contributed by atoms with Gasteiger partial charge in [-0.05, 0) is 43.5 Å². The van der Waals surface area contributed by atoms with Crippen LogP contribution in [0, 0.1) is 0 Å². The highest BCUT2D eigenvalue weighted by Crippen LogP contribution is 2.28. The van der Waals surface area contributed by atoms with Crippen molar-refractivity contribution in [2.45, 2.75) is 31.6 Å². The van der Waals surface area contributed by atoms with Crippen LogP contribution < -0.4 is 4.90 Å². The Morgan fingerprint density at radius 2 is 2.17 bits per heavy atom. The molecule has 2 aliphatic rings. The number of carbonyl (C=O) groups excluding carboxylic acids is 1. The molecule has 3 heterocycles. The molecule has 5 nitrogen and oxygen atoms in total. The number of nitrogens with zero attached hydrogens (tertiary/aromatic N) is 3. The summed E-state index contributed by atoms with van der Waals surface area (Å²) in [6, 6.07) is 10.3. The minimum absolute atomic E-state index is 0.253. The number of nitrogens with one attached hydrogen (secondary N) is 1. The van der Waals surface area contributed by atoms with E-state index in [0.717, 1.165) is 38.3 Å². The molecule has 1 saturated heterocycles. The molecular weight excluding hydrogens is 300 g/mol. The van der Waals surface area contributed by atoms with E-state index in [2.05, 4.69) is 39.4 Å². The standard InChI is InChI=1S/C19H24N4O/c24-19(23-13-8-15-4-1-2-6-18(15)23)9-12-22-11-3-5-16(14-22)17-7-10-20-21-17/h1-2,4,6-7,10,16H,3,5,8-9,11-14H2,(H,20,21). The minimum atomic E-state index is 0.253. The molecule has 126 valence electrons. The largest absolute Gasteiger partial charge is 0.312 e. The average Bonchev–Trinajstić information content (AvgIpc) is 3.29. The van der Waals surface area contributed by atoms with Crippen molar-refractivity contribution in [1.29, 1.82) is 0 Å². The topological polar surface area (TPSA) is 52.2 Å². The zero-order valence-electron chi connectivity index (χ0n) is 13.9. The third-order valence-electron chi connectivity index (χ3n) is 5.30. The fourth-order valence-electron chi connectivity index (χ4n) is 3.99. The molecule has 0 radical (unpaired) electrons. The molecule has 2 aromatic rings. The number of hydrogen-bond donors (Lipinski definition) is 1. The predicted molar refractivity (Wildman–Crippen MR) is 94.1 cm³/mol. The molecule has 1 N–H and O–H groups in total. The molecule has 1 unspecified atom stereocenters. The summed E-state index contributed by atoms with van der Waals surface area (Å²) in [6.45, 7) is 3.79. The Kier molecular flexibility index (Phi) is 4.34. The number of likely N-dealkylation sites (tertiary alicyclic amines) is 1. The van der Waals surface area contributed by atoms with Crippen LogP contribution in [-0.2, 0) is 11.2 Å². The Balaban J connectivity index is 1.33. The Labute approximate surface area is 142 Å². The summed E-state index contributed by atoms with van der Waals surface area (Å²) in [7, 11) is 0. The lowest BCUT2D eigenvalue weighted by atomic mass is 9.95. The first-order chi connectivity index (χ1) is 11.8. The lowest BCUT2D eigenvalue weighted by molar-refractivity contribution is -0.118. The quantitative estimate of drug-likeness (QED) is 0.940. The van der Waals surface area contributed by atoms with Crippen molar-refractivity contribution in [1.82, 2.24) is 15.1 Å². The van der Waals surface area contributed by atoms with Gasteiger partial charge in [-0.15, -0.1) is 0 Å². The molecular formula is C19H24N4O. The fourth-order valence-corrected chi connectivity index (χ4v) is 3.99. The second-order valence-corrected chi connectivity index (χ2v) is 6.83. The number of H-pyrrole nitrogens is 1. The highest BCUT2D eigenvalue weighted by atomic mass is 16.2. The molecule has 0 aliphatic carbocycles. The third-order valence-corrected chi connectivity index (χ3v) is 5.30. The van der Waals surface area contributed by atoms with E-state index in [4.69, 9.17) is 0 Å². The Bertz CT molecular complexity index is 697. The molecule has 0 spiro atoms. The number of para-hydroxylation sites is 1. The van der Waals surface area contributed by atoms with Gasteiger partial charge in [0.25, 0.3) is 0 Å². The van der Waals surface area contributed by atoms with E-state index in [1.807, 2.05) is 17.2 Å². The molecule has 0 saturated carbocycles. The minimum Gasteiger partial charge on any atom is -0.312 e. The maximum atomic E-state index is 12.6. The van der Waals surface area contributed by atoms with Crippen LogP contribution in [0.25, 0.3) is 0 Å². The summed E-state index contributed by atoms with van der Waals surface area (Å²) >= 11 is 0. The first-order valence-electron chi connectivity index (χ1n) is 8.91. The van der Waals surface area contributed by atoms with Gasteiger partial charge in [-0.25, -0.2) is 0 Å². The van der Waals surface area contributed by atoms with Gasteiger partial charge >= 0.3 is 0 Å². The van der Waals surface area contributed by atoms with E-state index in [1.165, 1.54) is 24.1 Å². The van der Waals surface area contributed by atoms with Gasteiger partial charge < -0.3 is 9.80 Å². The van der Waals surface area contributed by atoms with Gasteiger partial charge in [0.05, 0.1) is 0 Å². The van der Waals surface area contributed by atoms with Crippen LogP contribution in [-0.4, -0.2) is 47.2 Å². The van der Waals surface area contributed by atoms with Gasteiger partial charge in [-0.1, -0.05) is 18.2 Å². The second kappa shape index (κ2) is 6.77. The number of aromatic amines is 1.